The number of piperidine rings is 1. The molecule has 20 heteroatoms. The number of piperazine rings is 1. The van der Waals surface area contributed by atoms with E-state index in [9.17, 15) is 28.0 Å². The predicted molar refractivity (Wildman–Crippen MR) is 231 cm³/mol. The van der Waals surface area contributed by atoms with Crippen LogP contribution in [0.5, 0.6) is 0 Å². The van der Waals surface area contributed by atoms with Gasteiger partial charge in [-0.25, -0.2) is 23.1 Å². The van der Waals surface area contributed by atoms with Crippen LogP contribution in [0.2, 0.25) is 0 Å². The molecule has 5 aliphatic rings. The van der Waals surface area contributed by atoms with Gasteiger partial charge in [0.15, 0.2) is 11.3 Å². The Labute approximate surface area is 366 Å². The second-order valence-corrected chi connectivity index (χ2v) is 17.7. The maximum atomic E-state index is 14.3. The van der Waals surface area contributed by atoms with Crippen LogP contribution in [0.4, 0.5) is 20.3 Å². The Bertz CT molecular complexity index is 2670. The number of imide groups is 1. The Hall–Kier alpha value is -5.83. The number of morpholine rings is 1. The lowest BCUT2D eigenvalue weighted by Gasteiger charge is -2.38. The highest BCUT2D eigenvalue weighted by Gasteiger charge is 2.40. The minimum absolute atomic E-state index is 0.0115. The van der Waals surface area contributed by atoms with Gasteiger partial charge in [0.1, 0.15) is 17.4 Å². The van der Waals surface area contributed by atoms with Crippen molar-refractivity contribution < 1.29 is 32.7 Å². The van der Waals surface area contributed by atoms with E-state index in [-0.39, 0.29) is 60.0 Å². The van der Waals surface area contributed by atoms with Crippen LogP contribution in [0.25, 0.3) is 22.8 Å². The number of amides is 3. The second-order valence-electron chi connectivity index (χ2n) is 17.7. The summed E-state index contributed by atoms with van der Waals surface area (Å²) >= 11 is 0. The number of rotatable bonds is 12. The molecule has 4 atom stereocenters. The zero-order valence-corrected chi connectivity index (χ0v) is 35.8. The van der Waals surface area contributed by atoms with Crippen molar-refractivity contribution in [3.8, 4) is 0 Å². The number of para-hydroxylation sites is 1. The molecule has 2 N–H and O–H groups in total. The van der Waals surface area contributed by atoms with Gasteiger partial charge in [-0.2, -0.15) is 15.3 Å². The molecule has 5 fully saturated rings. The minimum Gasteiger partial charge on any atom is -0.374 e. The van der Waals surface area contributed by atoms with Gasteiger partial charge in [-0.15, -0.1) is 0 Å². The topological polar surface area (TPSA) is 178 Å². The number of imidazole rings is 1. The number of aryl methyl sites for hydroxylation is 1. The number of halogens is 2. The van der Waals surface area contributed by atoms with Crippen LogP contribution in [-0.4, -0.2) is 125 Å². The summed E-state index contributed by atoms with van der Waals surface area (Å²) in [5, 5.41) is 15.6. The first-order valence-electron chi connectivity index (χ1n) is 22.2. The summed E-state index contributed by atoms with van der Waals surface area (Å²) in [6.45, 7) is 7.48. The molecule has 2 bridgehead atoms. The molecule has 338 valence electrons. The number of carbonyl (C=O) groups excluding carboxylic acids is 3. The van der Waals surface area contributed by atoms with Crippen molar-refractivity contribution in [2.24, 2.45) is 13.0 Å². The molecule has 1 aromatic carbocycles. The lowest BCUT2D eigenvalue weighted by Crippen LogP contribution is -2.48. The third-order valence-corrected chi connectivity index (χ3v) is 13.6. The van der Waals surface area contributed by atoms with E-state index in [4.69, 9.17) is 14.6 Å². The maximum Gasteiger partial charge on any atom is 0.329 e. The number of alkyl halides is 2. The average Bonchev–Trinajstić information content (AvgIpc) is 4.14. The Kier molecular flexibility index (Phi) is 11.4. The molecule has 1 unspecified atom stereocenters. The van der Waals surface area contributed by atoms with Crippen LogP contribution in [0.3, 0.4) is 0 Å². The summed E-state index contributed by atoms with van der Waals surface area (Å²) in [6.07, 6.45) is 10.5. The average molecular weight is 883 g/mol. The molecule has 0 radical (unpaired) electrons. The number of nitrogens with zero attached hydrogens (tertiary/aromatic N) is 10. The smallest absolute Gasteiger partial charge is 0.329 e. The van der Waals surface area contributed by atoms with Gasteiger partial charge < -0.3 is 19.9 Å². The van der Waals surface area contributed by atoms with Crippen molar-refractivity contribution in [3.05, 3.63) is 76.2 Å². The summed E-state index contributed by atoms with van der Waals surface area (Å²) in [5.41, 5.74) is 1.91. The number of hydrogen-bond acceptors (Lipinski definition) is 12. The summed E-state index contributed by atoms with van der Waals surface area (Å²) < 4.78 is 40.5. The summed E-state index contributed by atoms with van der Waals surface area (Å²) in [4.78, 5) is 66.9. The predicted octanol–water partition coefficient (Wildman–Crippen LogP) is 4.11. The van der Waals surface area contributed by atoms with Crippen LogP contribution in [-0.2, 0) is 26.2 Å². The summed E-state index contributed by atoms with van der Waals surface area (Å²) in [5.74, 6) is -0.172. The lowest BCUT2D eigenvalue weighted by atomic mass is 9.85. The maximum absolute atomic E-state index is 14.3. The number of aromatic nitrogens is 7. The molecular weight excluding hydrogens is 831 g/mol. The number of carbonyl (C=O) groups is 3. The van der Waals surface area contributed by atoms with Crippen LogP contribution < -0.4 is 21.2 Å². The molecule has 3 amide bonds. The van der Waals surface area contributed by atoms with Gasteiger partial charge in [0.25, 0.3) is 12.3 Å². The molecule has 4 aromatic heterocycles. The zero-order chi connectivity index (χ0) is 44.2. The minimum atomic E-state index is -2.87. The molecule has 5 aromatic rings. The zero-order valence-electron chi connectivity index (χ0n) is 35.8. The third kappa shape index (κ3) is 8.11. The third-order valence-electron chi connectivity index (χ3n) is 13.6. The van der Waals surface area contributed by atoms with Crippen molar-refractivity contribution in [2.45, 2.75) is 88.6 Å². The standard InChI is InChI=1S/C44H52F2N12O6/c1-26(6-9-28-4-3-5-34-39(28)52(2)44(62)58(34)35-12-13-37(59)50-43(35)61)64-54-18-16-53(17-19-54)22-27-7-10-29(11-8-27)57-24-33(38(51-57)40(45)46)48-42(60)32-21-47-56-15-14-36(49-41(32)56)55-23-31-20-30(55)25-63-31/h3-6,9,14-15,21,24,26-27,29-31,35,40H,7-8,10-13,16-20,22-23,25H2,1-2H3,(H,48,60)(H,50,59,61)/b9-6+/t26-,27-,29-,30-,31-,35?/m1/s1. The number of benzene rings is 1. The number of ether oxygens (including phenoxy) is 1. The summed E-state index contributed by atoms with van der Waals surface area (Å²) in [7, 11) is 1.69. The molecule has 64 heavy (non-hydrogen) atoms. The first-order chi connectivity index (χ1) is 31.0. The first kappa shape index (κ1) is 42.1. The van der Waals surface area contributed by atoms with Crippen LogP contribution in [0, 0.1) is 5.92 Å². The van der Waals surface area contributed by atoms with Crippen LogP contribution in [0.1, 0.15) is 92.0 Å². The molecule has 4 saturated heterocycles. The van der Waals surface area contributed by atoms with Gasteiger partial charge in [-0.3, -0.25) is 38.4 Å². The van der Waals surface area contributed by atoms with E-state index in [0.717, 1.165) is 82.8 Å². The van der Waals surface area contributed by atoms with Gasteiger partial charge in [-0.05, 0) is 63.5 Å². The number of nitrogens with one attached hydrogen (secondary N) is 2. The number of hydrogen-bond donors (Lipinski definition) is 2. The summed E-state index contributed by atoms with van der Waals surface area (Å²) in [6, 6.07) is 6.89. The fourth-order valence-corrected chi connectivity index (χ4v) is 10.2. The van der Waals surface area contributed by atoms with Gasteiger partial charge in [0.2, 0.25) is 11.8 Å². The van der Waals surface area contributed by atoms with Crippen molar-refractivity contribution in [3.63, 3.8) is 0 Å². The van der Waals surface area contributed by atoms with Crippen molar-refractivity contribution in [1.29, 1.82) is 0 Å². The van der Waals surface area contributed by atoms with E-state index < -0.39 is 30.0 Å². The van der Waals surface area contributed by atoms with E-state index in [1.807, 2.05) is 48.4 Å². The highest BCUT2D eigenvalue weighted by Crippen LogP contribution is 2.36. The van der Waals surface area contributed by atoms with Gasteiger partial charge in [0, 0.05) is 70.7 Å². The molecule has 18 nitrogen and oxygen atoms in total. The lowest BCUT2D eigenvalue weighted by molar-refractivity contribution is -0.195. The largest absolute Gasteiger partial charge is 0.374 e. The van der Waals surface area contributed by atoms with E-state index in [2.05, 4.69) is 30.6 Å². The van der Waals surface area contributed by atoms with E-state index >= 15 is 0 Å². The SMILES string of the molecule is C[C@H](/C=C/c1cccc2c1n(C)c(=O)n2C1CCC(=O)NC1=O)ON1CCN(C[C@H]2CC[C@H](n3cc(NC(=O)c4cnn5ccc(N6C[C@H]7C[C@@H]6CO7)nc45)c(C(F)F)n3)CC2)CC1. The highest BCUT2D eigenvalue weighted by atomic mass is 19.3. The van der Waals surface area contributed by atoms with Crippen molar-refractivity contribution in [1.82, 2.24) is 48.8 Å². The monoisotopic (exact) mass is 882 g/mol. The Morgan fingerprint density at radius 1 is 1.06 bits per heavy atom. The van der Waals surface area contributed by atoms with Crippen LogP contribution in [0.15, 0.2) is 53.7 Å². The van der Waals surface area contributed by atoms with E-state index in [1.54, 1.807) is 22.5 Å². The van der Waals surface area contributed by atoms with Gasteiger partial charge in [0.05, 0.1) is 53.8 Å². The Morgan fingerprint density at radius 3 is 2.61 bits per heavy atom. The van der Waals surface area contributed by atoms with E-state index in [0.29, 0.717) is 29.2 Å². The van der Waals surface area contributed by atoms with Crippen molar-refractivity contribution >= 4 is 52.0 Å². The van der Waals surface area contributed by atoms with E-state index in [1.165, 1.54) is 21.5 Å². The van der Waals surface area contributed by atoms with Crippen molar-refractivity contribution in [2.75, 3.05) is 56.1 Å². The highest BCUT2D eigenvalue weighted by molar-refractivity contribution is 6.08. The molecule has 0 spiro atoms. The quantitative estimate of drug-likeness (QED) is 0.172. The second kappa shape index (κ2) is 17.3. The molecule has 1 saturated carbocycles. The van der Waals surface area contributed by atoms with Gasteiger partial charge >= 0.3 is 5.69 Å². The first-order valence-corrected chi connectivity index (χ1v) is 22.2. The fraction of sp³-hybridized carbons (Fsp3) is 0.523. The normalized spacial score (nSPS) is 25.1. The molecular formula is C44H52F2N12O6. The molecule has 8 heterocycles. The number of anilines is 2. The Morgan fingerprint density at radius 2 is 1.88 bits per heavy atom. The molecule has 4 aliphatic heterocycles. The molecule has 1 aliphatic carbocycles. The van der Waals surface area contributed by atoms with Crippen LogP contribution >= 0.6 is 0 Å². The fourth-order valence-electron chi connectivity index (χ4n) is 10.2. The number of fused-ring (bicyclic) bond motifs is 4. The molecule has 10 rings (SSSR count). The Balaban J connectivity index is 0.704. The van der Waals surface area contributed by atoms with Gasteiger partial charge in [-0.1, -0.05) is 24.3 Å². The number of hydroxylamine groups is 2.